The highest BCUT2D eigenvalue weighted by Crippen LogP contribution is 2.25. The molecule has 0 spiro atoms. The van der Waals surface area contributed by atoms with Gasteiger partial charge in [-0.15, -0.1) is 0 Å². The molecular formula is C17H34O2. The van der Waals surface area contributed by atoms with Crippen molar-refractivity contribution in [1.82, 2.24) is 0 Å². The topological polar surface area (TPSA) is 37.3 Å². The lowest BCUT2D eigenvalue weighted by molar-refractivity contribution is -0.137. The molecule has 0 aliphatic carbocycles. The van der Waals surface area contributed by atoms with Crippen LogP contribution in [0.5, 0.6) is 0 Å². The van der Waals surface area contributed by atoms with Crippen LogP contribution >= 0.6 is 0 Å². The molecule has 1 N–H and O–H groups in total. The molecule has 114 valence electrons. The smallest absolute Gasteiger partial charge is 0.303 e. The predicted octanol–water partition coefficient (Wildman–Crippen LogP) is 5.65. The summed E-state index contributed by atoms with van der Waals surface area (Å²) in [6.45, 7) is 6.95. The minimum atomic E-state index is -0.656. The first-order valence-corrected chi connectivity index (χ1v) is 8.29. The number of unbranched alkanes of at least 4 members (excludes halogenated alkanes) is 6. The van der Waals surface area contributed by atoms with Gasteiger partial charge in [0.15, 0.2) is 0 Å². The number of carbonyl (C=O) groups is 1. The zero-order valence-corrected chi connectivity index (χ0v) is 13.3. The number of hydrogen-bond acceptors (Lipinski definition) is 1. The molecule has 0 aliphatic heterocycles. The van der Waals surface area contributed by atoms with E-state index in [2.05, 4.69) is 20.8 Å². The summed E-state index contributed by atoms with van der Waals surface area (Å²) < 4.78 is 0. The summed E-state index contributed by atoms with van der Waals surface area (Å²) in [5.74, 6) is 1.01. The lowest BCUT2D eigenvalue weighted by atomic mass is 9.85. The first-order valence-electron chi connectivity index (χ1n) is 8.29. The zero-order valence-electron chi connectivity index (χ0n) is 13.3. The zero-order chi connectivity index (χ0) is 14.5. The van der Waals surface area contributed by atoms with Crippen molar-refractivity contribution in [3.8, 4) is 0 Å². The van der Waals surface area contributed by atoms with Crippen molar-refractivity contribution in [3.05, 3.63) is 0 Å². The predicted molar refractivity (Wildman–Crippen MR) is 82.4 cm³/mol. The number of carboxylic acid groups (broad SMARTS) is 1. The van der Waals surface area contributed by atoms with E-state index in [9.17, 15) is 4.79 Å². The van der Waals surface area contributed by atoms with Crippen molar-refractivity contribution in [3.63, 3.8) is 0 Å². The van der Waals surface area contributed by atoms with Gasteiger partial charge in [0.2, 0.25) is 0 Å². The molecule has 0 aromatic rings. The molecule has 2 heteroatoms. The van der Waals surface area contributed by atoms with E-state index in [0.29, 0.717) is 6.42 Å². The Kier molecular flexibility index (Phi) is 12.2. The third-order valence-corrected chi connectivity index (χ3v) is 4.09. The summed E-state index contributed by atoms with van der Waals surface area (Å²) >= 11 is 0. The van der Waals surface area contributed by atoms with Crippen molar-refractivity contribution >= 4 is 5.97 Å². The van der Waals surface area contributed by atoms with Crippen LogP contribution in [0.1, 0.15) is 91.4 Å². The monoisotopic (exact) mass is 270 g/mol. The summed E-state index contributed by atoms with van der Waals surface area (Å²) in [6.07, 6.45) is 12.9. The fourth-order valence-electron chi connectivity index (χ4n) is 2.68. The molecule has 1 unspecified atom stereocenters. The number of carboxylic acids is 1. The van der Waals surface area contributed by atoms with Crippen molar-refractivity contribution in [2.75, 3.05) is 0 Å². The molecule has 0 aliphatic rings. The van der Waals surface area contributed by atoms with Gasteiger partial charge in [-0.05, 0) is 18.3 Å². The molecule has 19 heavy (non-hydrogen) atoms. The van der Waals surface area contributed by atoms with Crippen molar-refractivity contribution < 1.29 is 9.90 Å². The largest absolute Gasteiger partial charge is 0.481 e. The first-order chi connectivity index (χ1) is 9.07. The van der Waals surface area contributed by atoms with Crippen LogP contribution in [0.4, 0.5) is 0 Å². The van der Waals surface area contributed by atoms with Crippen LogP contribution in [-0.2, 0) is 4.79 Å². The third-order valence-electron chi connectivity index (χ3n) is 4.09. The lowest BCUT2D eigenvalue weighted by Crippen LogP contribution is -2.08. The van der Waals surface area contributed by atoms with Crippen LogP contribution in [0.3, 0.4) is 0 Å². The van der Waals surface area contributed by atoms with E-state index in [4.69, 9.17) is 5.11 Å². The Morgan fingerprint density at radius 1 is 0.895 bits per heavy atom. The molecular weight excluding hydrogens is 236 g/mol. The molecule has 1 atom stereocenters. The van der Waals surface area contributed by atoms with Gasteiger partial charge >= 0.3 is 5.97 Å². The van der Waals surface area contributed by atoms with Crippen molar-refractivity contribution in [2.24, 2.45) is 11.8 Å². The van der Waals surface area contributed by atoms with Crippen molar-refractivity contribution in [1.29, 1.82) is 0 Å². The Bertz CT molecular complexity index is 211. The molecule has 0 saturated carbocycles. The standard InChI is InChI=1S/C17H34O2/c1-4-5-6-9-12-16(15(2)3)13-10-7-8-11-14-17(18)19/h15-16H,4-14H2,1-3H3,(H,18,19). The molecule has 0 saturated heterocycles. The van der Waals surface area contributed by atoms with Gasteiger partial charge in [0, 0.05) is 6.42 Å². The molecule has 0 amide bonds. The summed E-state index contributed by atoms with van der Waals surface area (Å²) in [6, 6.07) is 0. The lowest BCUT2D eigenvalue weighted by Gasteiger charge is -2.20. The third kappa shape index (κ3) is 12.3. The molecule has 0 aromatic heterocycles. The Hall–Kier alpha value is -0.530. The van der Waals surface area contributed by atoms with Crippen LogP contribution in [0.15, 0.2) is 0 Å². The normalized spacial score (nSPS) is 12.8. The molecule has 0 heterocycles. The summed E-state index contributed by atoms with van der Waals surface area (Å²) in [5.41, 5.74) is 0. The minimum Gasteiger partial charge on any atom is -0.481 e. The summed E-state index contributed by atoms with van der Waals surface area (Å²) in [4.78, 5) is 10.4. The van der Waals surface area contributed by atoms with Gasteiger partial charge in [-0.1, -0.05) is 78.6 Å². The van der Waals surface area contributed by atoms with E-state index in [1.807, 2.05) is 0 Å². The second-order valence-electron chi connectivity index (χ2n) is 6.20. The quantitative estimate of drug-likeness (QED) is 0.439. The van der Waals surface area contributed by atoms with E-state index in [0.717, 1.165) is 24.7 Å². The second kappa shape index (κ2) is 12.5. The number of rotatable bonds is 13. The summed E-state index contributed by atoms with van der Waals surface area (Å²) in [7, 11) is 0. The van der Waals surface area contributed by atoms with Gasteiger partial charge < -0.3 is 5.11 Å². The highest BCUT2D eigenvalue weighted by Gasteiger charge is 2.12. The van der Waals surface area contributed by atoms with Gasteiger partial charge in [0.25, 0.3) is 0 Å². The maximum absolute atomic E-state index is 10.4. The Balaban J connectivity index is 3.56. The van der Waals surface area contributed by atoms with E-state index in [1.54, 1.807) is 0 Å². The van der Waals surface area contributed by atoms with E-state index in [-0.39, 0.29) is 0 Å². The van der Waals surface area contributed by atoms with Crippen LogP contribution in [0.2, 0.25) is 0 Å². The Morgan fingerprint density at radius 3 is 1.89 bits per heavy atom. The van der Waals surface area contributed by atoms with Gasteiger partial charge in [0.1, 0.15) is 0 Å². The molecule has 0 radical (unpaired) electrons. The van der Waals surface area contributed by atoms with Crippen LogP contribution in [-0.4, -0.2) is 11.1 Å². The molecule has 2 nitrogen and oxygen atoms in total. The molecule has 0 bridgehead atoms. The van der Waals surface area contributed by atoms with Gasteiger partial charge in [0.05, 0.1) is 0 Å². The average Bonchev–Trinajstić information content (AvgIpc) is 2.35. The fourth-order valence-corrected chi connectivity index (χ4v) is 2.68. The Morgan fingerprint density at radius 2 is 1.42 bits per heavy atom. The van der Waals surface area contributed by atoms with E-state index < -0.39 is 5.97 Å². The van der Waals surface area contributed by atoms with Gasteiger partial charge in [-0.2, -0.15) is 0 Å². The molecule has 0 rings (SSSR count). The maximum atomic E-state index is 10.4. The SMILES string of the molecule is CCCCCCC(CCCCCCC(=O)O)C(C)C. The van der Waals surface area contributed by atoms with Crippen molar-refractivity contribution in [2.45, 2.75) is 91.4 Å². The fraction of sp³-hybridized carbons (Fsp3) is 0.941. The molecule has 0 fully saturated rings. The van der Waals surface area contributed by atoms with E-state index >= 15 is 0 Å². The van der Waals surface area contributed by atoms with E-state index in [1.165, 1.54) is 51.4 Å². The number of hydrogen-bond donors (Lipinski definition) is 1. The minimum absolute atomic E-state index is 0.338. The average molecular weight is 270 g/mol. The highest BCUT2D eigenvalue weighted by molar-refractivity contribution is 5.66. The maximum Gasteiger partial charge on any atom is 0.303 e. The number of aliphatic carboxylic acids is 1. The highest BCUT2D eigenvalue weighted by atomic mass is 16.4. The summed E-state index contributed by atoms with van der Waals surface area (Å²) in [5, 5.41) is 8.57. The van der Waals surface area contributed by atoms with Crippen LogP contribution < -0.4 is 0 Å². The Labute approximate surface area is 120 Å². The molecule has 0 aromatic carbocycles. The second-order valence-corrected chi connectivity index (χ2v) is 6.20. The van der Waals surface area contributed by atoms with Gasteiger partial charge in [-0.3, -0.25) is 4.79 Å². The van der Waals surface area contributed by atoms with Gasteiger partial charge in [-0.25, -0.2) is 0 Å². The van der Waals surface area contributed by atoms with Crippen LogP contribution in [0.25, 0.3) is 0 Å². The van der Waals surface area contributed by atoms with Crippen LogP contribution in [0, 0.1) is 11.8 Å². The first kappa shape index (κ1) is 18.5.